The van der Waals surface area contributed by atoms with Gasteiger partial charge in [-0.05, 0) is 36.2 Å². The summed E-state index contributed by atoms with van der Waals surface area (Å²) in [5.41, 5.74) is 7.58. The highest BCUT2D eigenvalue weighted by Gasteiger charge is 2.27. The zero-order chi connectivity index (χ0) is 22.8. The van der Waals surface area contributed by atoms with Crippen molar-refractivity contribution in [2.75, 3.05) is 13.9 Å². The number of rotatable bonds is 8. The molecule has 2 aromatic carbocycles. The summed E-state index contributed by atoms with van der Waals surface area (Å²) in [6.45, 7) is 3.96. The second-order valence-electron chi connectivity index (χ2n) is 7.85. The van der Waals surface area contributed by atoms with Crippen LogP contribution in [0.3, 0.4) is 0 Å². The molecule has 1 aromatic heterocycles. The van der Waals surface area contributed by atoms with E-state index in [-0.39, 0.29) is 25.0 Å². The van der Waals surface area contributed by atoms with E-state index in [0.717, 1.165) is 10.9 Å². The third-order valence-electron chi connectivity index (χ3n) is 5.81. The Balaban J connectivity index is 1.73. The summed E-state index contributed by atoms with van der Waals surface area (Å²) in [7, 11) is 1.60. The zero-order valence-electron chi connectivity index (χ0n) is 18.3. The maximum Gasteiger partial charge on any atom is 0.240 e. The Kier molecular flexibility index (Phi) is 5.94. The molecule has 0 spiro atoms. The average molecular weight is 438 g/mol. The number of hydrogen-bond donors (Lipinski definition) is 2. The van der Waals surface area contributed by atoms with Gasteiger partial charge in [0.25, 0.3) is 0 Å². The lowest BCUT2D eigenvalue weighted by molar-refractivity contribution is -0.128. The van der Waals surface area contributed by atoms with Crippen molar-refractivity contribution in [1.82, 2.24) is 5.32 Å². The summed E-state index contributed by atoms with van der Waals surface area (Å²) in [5, 5.41) is 3.53. The Morgan fingerprint density at radius 3 is 2.47 bits per heavy atom. The number of fused-ring (bicyclic) bond motifs is 2. The fourth-order valence-electron chi connectivity index (χ4n) is 3.80. The number of furan rings is 1. The van der Waals surface area contributed by atoms with Crippen molar-refractivity contribution in [3.05, 3.63) is 42.0 Å². The van der Waals surface area contributed by atoms with E-state index in [1.165, 1.54) is 0 Å². The highest BCUT2D eigenvalue weighted by atomic mass is 16.7. The predicted octanol–water partition coefficient (Wildman–Crippen LogP) is 3.40. The third-order valence-corrected chi connectivity index (χ3v) is 5.81. The number of amides is 2. The summed E-state index contributed by atoms with van der Waals surface area (Å²) in [6, 6.07) is 10.2. The molecule has 168 valence electrons. The molecule has 32 heavy (non-hydrogen) atoms. The molecule has 0 saturated carbocycles. The molecule has 8 heteroatoms. The molecular formula is C24H26N2O6. The topological polar surface area (TPSA) is 113 Å². The van der Waals surface area contributed by atoms with Crippen LogP contribution in [-0.2, 0) is 16.0 Å². The van der Waals surface area contributed by atoms with E-state index in [1.54, 1.807) is 13.2 Å². The van der Waals surface area contributed by atoms with Crippen molar-refractivity contribution in [3.63, 3.8) is 0 Å². The van der Waals surface area contributed by atoms with Gasteiger partial charge in [0.05, 0.1) is 13.5 Å². The zero-order valence-corrected chi connectivity index (χ0v) is 18.3. The Labute approximate surface area is 185 Å². The minimum atomic E-state index is -0.740. The van der Waals surface area contributed by atoms with Crippen LogP contribution in [0.15, 0.2) is 40.8 Å². The molecule has 2 heterocycles. The first-order valence-electron chi connectivity index (χ1n) is 10.5. The quantitative estimate of drug-likeness (QED) is 0.557. The predicted molar refractivity (Wildman–Crippen MR) is 119 cm³/mol. The van der Waals surface area contributed by atoms with E-state index in [4.69, 9.17) is 24.4 Å². The van der Waals surface area contributed by atoms with E-state index in [2.05, 4.69) is 5.32 Å². The fourth-order valence-corrected chi connectivity index (χ4v) is 3.80. The van der Waals surface area contributed by atoms with Crippen molar-refractivity contribution in [2.24, 2.45) is 11.7 Å². The lowest BCUT2D eigenvalue weighted by Crippen LogP contribution is -2.48. The van der Waals surface area contributed by atoms with Crippen molar-refractivity contribution in [3.8, 4) is 28.6 Å². The molecule has 1 aliphatic rings. The standard InChI is InChI=1S/C24H26N2O6/c1-4-13(2)22(24(25)28)26-21(27)10-17-16-9-19-20(31-12-30-19)11-18(16)32-23(17)14-5-7-15(29-3)8-6-14/h5-9,11,13,22H,4,10,12H2,1-3H3,(H2,25,28)(H,26,27). The van der Waals surface area contributed by atoms with Gasteiger partial charge in [-0.2, -0.15) is 0 Å². The maximum absolute atomic E-state index is 13.0. The number of hydrogen-bond acceptors (Lipinski definition) is 6. The Morgan fingerprint density at radius 2 is 1.84 bits per heavy atom. The second-order valence-corrected chi connectivity index (χ2v) is 7.85. The fraction of sp³-hybridized carbons (Fsp3) is 0.333. The van der Waals surface area contributed by atoms with Gasteiger partial charge in [0.1, 0.15) is 23.1 Å². The number of carbonyl (C=O) groups is 2. The molecule has 8 nitrogen and oxygen atoms in total. The molecule has 0 aliphatic carbocycles. The summed E-state index contributed by atoms with van der Waals surface area (Å²) >= 11 is 0. The van der Waals surface area contributed by atoms with Crippen LogP contribution in [0, 0.1) is 5.92 Å². The molecule has 3 N–H and O–H groups in total. The molecule has 1 aliphatic heterocycles. The van der Waals surface area contributed by atoms with Crippen molar-refractivity contribution in [2.45, 2.75) is 32.7 Å². The number of ether oxygens (including phenoxy) is 3. The van der Waals surface area contributed by atoms with E-state index < -0.39 is 11.9 Å². The molecule has 2 unspecified atom stereocenters. The van der Waals surface area contributed by atoms with Gasteiger partial charge in [-0.15, -0.1) is 0 Å². The summed E-state index contributed by atoms with van der Waals surface area (Å²) in [6.07, 6.45) is 0.720. The smallest absolute Gasteiger partial charge is 0.240 e. The van der Waals surface area contributed by atoms with Gasteiger partial charge in [0, 0.05) is 22.6 Å². The molecular weight excluding hydrogens is 412 g/mol. The van der Waals surface area contributed by atoms with Gasteiger partial charge in [0.15, 0.2) is 11.5 Å². The molecule has 3 aromatic rings. The normalized spacial score (nSPS) is 14.2. The van der Waals surface area contributed by atoms with Crippen LogP contribution in [0.4, 0.5) is 0 Å². The first-order chi connectivity index (χ1) is 15.4. The highest BCUT2D eigenvalue weighted by molar-refractivity contribution is 5.96. The Bertz CT molecular complexity index is 1150. The van der Waals surface area contributed by atoms with E-state index in [0.29, 0.717) is 40.6 Å². The molecule has 4 rings (SSSR count). The monoisotopic (exact) mass is 438 g/mol. The number of carbonyl (C=O) groups excluding carboxylic acids is 2. The largest absolute Gasteiger partial charge is 0.497 e. The van der Waals surface area contributed by atoms with E-state index in [1.807, 2.05) is 44.2 Å². The Morgan fingerprint density at radius 1 is 1.16 bits per heavy atom. The minimum Gasteiger partial charge on any atom is -0.497 e. The minimum absolute atomic E-state index is 0.00816. The number of primary amides is 1. The maximum atomic E-state index is 13.0. The SMILES string of the molecule is CCC(C)C(NC(=O)Cc1c(-c2ccc(OC)cc2)oc2cc3c(cc12)OCO3)C(N)=O. The molecule has 0 radical (unpaired) electrons. The second kappa shape index (κ2) is 8.82. The van der Waals surface area contributed by atoms with E-state index >= 15 is 0 Å². The van der Waals surface area contributed by atoms with Crippen molar-refractivity contribution in [1.29, 1.82) is 0 Å². The highest BCUT2D eigenvalue weighted by Crippen LogP contribution is 2.42. The Hall–Kier alpha value is -3.68. The van der Waals surface area contributed by atoms with Crippen molar-refractivity contribution >= 4 is 22.8 Å². The number of nitrogens with one attached hydrogen (secondary N) is 1. The van der Waals surface area contributed by atoms with Crippen molar-refractivity contribution < 1.29 is 28.2 Å². The third kappa shape index (κ3) is 4.08. The number of nitrogens with two attached hydrogens (primary N) is 1. The van der Waals surface area contributed by atoms with Gasteiger partial charge < -0.3 is 29.7 Å². The van der Waals surface area contributed by atoms with Crippen LogP contribution in [-0.4, -0.2) is 31.8 Å². The van der Waals surface area contributed by atoms with Crippen LogP contribution < -0.4 is 25.3 Å². The number of methoxy groups -OCH3 is 1. The van der Waals surface area contributed by atoms with Gasteiger partial charge in [-0.3, -0.25) is 9.59 Å². The van der Waals surface area contributed by atoms with E-state index in [9.17, 15) is 9.59 Å². The van der Waals surface area contributed by atoms with Gasteiger partial charge in [-0.25, -0.2) is 0 Å². The first kappa shape index (κ1) is 21.5. The van der Waals surface area contributed by atoms with Crippen LogP contribution in [0.2, 0.25) is 0 Å². The molecule has 0 fully saturated rings. The van der Waals surface area contributed by atoms with Gasteiger partial charge in [0.2, 0.25) is 18.6 Å². The first-order valence-corrected chi connectivity index (χ1v) is 10.5. The van der Waals surface area contributed by atoms with Crippen LogP contribution >= 0.6 is 0 Å². The van der Waals surface area contributed by atoms with Crippen LogP contribution in [0.1, 0.15) is 25.8 Å². The summed E-state index contributed by atoms with van der Waals surface area (Å²) in [5.74, 6) is 1.51. The average Bonchev–Trinajstić information content (AvgIpc) is 3.39. The summed E-state index contributed by atoms with van der Waals surface area (Å²) < 4.78 is 22.4. The molecule has 2 atom stereocenters. The lowest BCUT2D eigenvalue weighted by atomic mass is 9.97. The van der Waals surface area contributed by atoms with Crippen LogP contribution in [0.25, 0.3) is 22.3 Å². The molecule has 2 amide bonds. The van der Waals surface area contributed by atoms with Crippen LogP contribution in [0.5, 0.6) is 17.2 Å². The van der Waals surface area contributed by atoms with Gasteiger partial charge in [-0.1, -0.05) is 20.3 Å². The molecule has 0 bridgehead atoms. The molecule has 0 saturated heterocycles. The number of benzene rings is 2. The lowest BCUT2D eigenvalue weighted by Gasteiger charge is -2.21. The summed E-state index contributed by atoms with van der Waals surface area (Å²) in [4.78, 5) is 24.8. The van der Waals surface area contributed by atoms with Gasteiger partial charge >= 0.3 is 0 Å².